The van der Waals surface area contributed by atoms with Crippen molar-refractivity contribution in [3.8, 4) is 22.4 Å². The summed E-state index contributed by atoms with van der Waals surface area (Å²) in [5.74, 6) is 0.524. The maximum Gasteiger partial charge on any atom is 0.187 e. The molecule has 0 saturated heterocycles. The molecule has 4 heteroatoms. The Morgan fingerprint density at radius 2 is 1.79 bits per heavy atom. The number of aryl methyl sites for hydroxylation is 1. The summed E-state index contributed by atoms with van der Waals surface area (Å²) in [6.45, 7) is 6.51. The quantitative estimate of drug-likeness (QED) is 0.400. The van der Waals surface area contributed by atoms with E-state index in [0.717, 1.165) is 33.2 Å². The van der Waals surface area contributed by atoms with E-state index in [9.17, 15) is 0 Å². The van der Waals surface area contributed by atoms with Crippen LogP contribution >= 0.6 is 11.3 Å². The minimum Gasteiger partial charge on any atom is -0.332 e. The molecule has 2 aromatic heterocycles. The molecule has 0 saturated carbocycles. The number of nitrogens with one attached hydrogen (secondary N) is 1. The summed E-state index contributed by atoms with van der Waals surface area (Å²) in [7, 11) is 0. The molecule has 0 amide bonds. The molecule has 0 atom stereocenters. The predicted octanol–water partition coefficient (Wildman–Crippen LogP) is 7.05. The van der Waals surface area contributed by atoms with Crippen LogP contribution in [0.25, 0.3) is 22.4 Å². The standard InChI is InChI=1S/C24H23N3S/c1-16(2)18-7-9-19(10-8-18)22-14-25-12-11-21(22)23-15-28-24(27-23)26-20-6-4-5-17(3)13-20/h4-16H,1-3H3,(H,26,27). The van der Waals surface area contributed by atoms with E-state index in [2.05, 4.69) is 78.9 Å². The van der Waals surface area contributed by atoms with Gasteiger partial charge in [-0.25, -0.2) is 4.98 Å². The van der Waals surface area contributed by atoms with E-state index >= 15 is 0 Å². The van der Waals surface area contributed by atoms with E-state index in [-0.39, 0.29) is 0 Å². The summed E-state index contributed by atoms with van der Waals surface area (Å²) in [5.41, 5.74) is 7.95. The molecule has 28 heavy (non-hydrogen) atoms. The lowest BCUT2D eigenvalue weighted by molar-refractivity contribution is 0.867. The van der Waals surface area contributed by atoms with Gasteiger partial charge in [-0.2, -0.15) is 0 Å². The van der Waals surface area contributed by atoms with Crippen molar-refractivity contribution in [2.24, 2.45) is 0 Å². The lowest BCUT2D eigenvalue weighted by atomic mass is 9.96. The first-order chi connectivity index (χ1) is 13.6. The zero-order valence-electron chi connectivity index (χ0n) is 16.3. The fraction of sp³-hybridized carbons (Fsp3) is 0.167. The predicted molar refractivity (Wildman–Crippen MR) is 119 cm³/mol. The van der Waals surface area contributed by atoms with Gasteiger partial charge in [0.15, 0.2) is 5.13 Å². The van der Waals surface area contributed by atoms with Crippen molar-refractivity contribution in [3.63, 3.8) is 0 Å². The molecule has 0 spiro atoms. The molecule has 4 aromatic rings. The number of nitrogens with zero attached hydrogens (tertiary/aromatic N) is 2. The Kier molecular flexibility index (Phi) is 5.22. The molecule has 2 aromatic carbocycles. The maximum atomic E-state index is 4.82. The van der Waals surface area contributed by atoms with E-state index in [1.807, 2.05) is 24.5 Å². The normalized spacial score (nSPS) is 11.0. The lowest BCUT2D eigenvalue weighted by Gasteiger charge is -2.10. The molecule has 0 aliphatic carbocycles. The molecule has 4 rings (SSSR count). The summed E-state index contributed by atoms with van der Waals surface area (Å²) in [6, 6.07) is 19.1. The van der Waals surface area contributed by atoms with E-state index in [1.165, 1.54) is 11.1 Å². The highest BCUT2D eigenvalue weighted by Crippen LogP contribution is 2.34. The van der Waals surface area contributed by atoms with Gasteiger partial charge >= 0.3 is 0 Å². The third-order valence-electron chi connectivity index (χ3n) is 4.76. The average molecular weight is 386 g/mol. The summed E-state index contributed by atoms with van der Waals surface area (Å²) >= 11 is 1.61. The summed E-state index contributed by atoms with van der Waals surface area (Å²) < 4.78 is 0. The number of aromatic nitrogens is 2. The summed E-state index contributed by atoms with van der Waals surface area (Å²) in [6.07, 6.45) is 3.75. The van der Waals surface area contributed by atoms with Crippen molar-refractivity contribution in [2.75, 3.05) is 5.32 Å². The Bertz CT molecular complexity index is 1080. The van der Waals surface area contributed by atoms with Crippen LogP contribution in [0.3, 0.4) is 0 Å². The molecule has 3 nitrogen and oxygen atoms in total. The van der Waals surface area contributed by atoms with Crippen LogP contribution in [-0.4, -0.2) is 9.97 Å². The molecule has 0 fully saturated rings. The molecule has 0 aliphatic heterocycles. The van der Waals surface area contributed by atoms with Gasteiger partial charge in [0.05, 0.1) is 5.69 Å². The Hall–Kier alpha value is -2.98. The molecule has 140 valence electrons. The highest BCUT2D eigenvalue weighted by atomic mass is 32.1. The van der Waals surface area contributed by atoms with Crippen LogP contribution in [0.5, 0.6) is 0 Å². The Morgan fingerprint density at radius 3 is 2.54 bits per heavy atom. The Morgan fingerprint density at radius 1 is 0.964 bits per heavy atom. The van der Waals surface area contributed by atoms with Crippen molar-refractivity contribution in [1.82, 2.24) is 9.97 Å². The average Bonchev–Trinajstić information content (AvgIpc) is 3.16. The zero-order chi connectivity index (χ0) is 19.5. The number of hydrogen-bond acceptors (Lipinski definition) is 4. The number of benzene rings is 2. The topological polar surface area (TPSA) is 37.8 Å². The van der Waals surface area contributed by atoms with E-state index in [1.54, 1.807) is 11.3 Å². The van der Waals surface area contributed by atoms with Crippen LogP contribution in [0.1, 0.15) is 30.9 Å². The number of thiazole rings is 1. The summed E-state index contributed by atoms with van der Waals surface area (Å²) in [4.78, 5) is 9.17. The molecule has 1 N–H and O–H groups in total. The maximum absolute atomic E-state index is 4.82. The van der Waals surface area contributed by atoms with E-state index < -0.39 is 0 Å². The van der Waals surface area contributed by atoms with Gasteiger partial charge in [-0.3, -0.25) is 4.98 Å². The van der Waals surface area contributed by atoms with Crippen molar-refractivity contribution in [1.29, 1.82) is 0 Å². The smallest absolute Gasteiger partial charge is 0.187 e. The van der Waals surface area contributed by atoms with Gasteiger partial charge < -0.3 is 5.32 Å². The van der Waals surface area contributed by atoms with Crippen molar-refractivity contribution >= 4 is 22.2 Å². The third-order valence-corrected chi connectivity index (χ3v) is 5.52. The van der Waals surface area contributed by atoms with Gasteiger partial charge in [0, 0.05) is 34.6 Å². The van der Waals surface area contributed by atoms with E-state index in [4.69, 9.17) is 4.98 Å². The number of rotatable bonds is 5. The number of hydrogen-bond donors (Lipinski definition) is 1. The minimum absolute atomic E-state index is 0.524. The van der Waals surface area contributed by atoms with Crippen molar-refractivity contribution < 1.29 is 0 Å². The van der Waals surface area contributed by atoms with Gasteiger partial charge in [0.2, 0.25) is 0 Å². The van der Waals surface area contributed by atoms with Crippen LogP contribution in [-0.2, 0) is 0 Å². The summed E-state index contributed by atoms with van der Waals surface area (Å²) in [5, 5.41) is 6.39. The first-order valence-corrected chi connectivity index (χ1v) is 10.3. The van der Waals surface area contributed by atoms with Gasteiger partial charge in [-0.15, -0.1) is 11.3 Å². The molecular weight excluding hydrogens is 362 g/mol. The molecule has 2 heterocycles. The minimum atomic E-state index is 0.524. The molecule has 0 aliphatic rings. The number of anilines is 2. The molecule has 0 radical (unpaired) electrons. The second-order valence-corrected chi connectivity index (χ2v) is 8.09. The van der Waals surface area contributed by atoms with Crippen LogP contribution in [0.4, 0.5) is 10.8 Å². The second-order valence-electron chi connectivity index (χ2n) is 7.23. The van der Waals surface area contributed by atoms with Crippen LogP contribution in [0.15, 0.2) is 72.4 Å². The Labute approximate surface area is 170 Å². The SMILES string of the molecule is Cc1cccc(Nc2nc(-c3ccncc3-c3ccc(C(C)C)cc3)cs2)c1. The zero-order valence-corrected chi connectivity index (χ0v) is 17.1. The number of pyridine rings is 1. The van der Waals surface area contributed by atoms with Gasteiger partial charge in [0.25, 0.3) is 0 Å². The van der Waals surface area contributed by atoms with Crippen molar-refractivity contribution in [3.05, 3.63) is 83.5 Å². The molecule has 0 bridgehead atoms. The Balaban J connectivity index is 1.64. The van der Waals surface area contributed by atoms with Gasteiger partial charge in [0.1, 0.15) is 0 Å². The first-order valence-electron chi connectivity index (χ1n) is 9.44. The van der Waals surface area contributed by atoms with Crippen LogP contribution in [0, 0.1) is 6.92 Å². The molecular formula is C24H23N3S. The largest absolute Gasteiger partial charge is 0.332 e. The highest BCUT2D eigenvalue weighted by Gasteiger charge is 2.12. The molecule has 0 unspecified atom stereocenters. The lowest BCUT2D eigenvalue weighted by Crippen LogP contribution is -1.91. The van der Waals surface area contributed by atoms with Gasteiger partial charge in [-0.1, -0.05) is 50.2 Å². The van der Waals surface area contributed by atoms with Gasteiger partial charge in [-0.05, 0) is 47.7 Å². The second kappa shape index (κ2) is 7.95. The van der Waals surface area contributed by atoms with Crippen molar-refractivity contribution in [2.45, 2.75) is 26.7 Å². The monoisotopic (exact) mass is 385 g/mol. The van der Waals surface area contributed by atoms with E-state index in [0.29, 0.717) is 5.92 Å². The van der Waals surface area contributed by atoms with Crippen LogP contribution in [0.2, 0.25) is 0 Å². The fourth-order valence-corrected chi connectivity index (χ4v) is 3.93. The highest BCUT2D eigenvalue weighted by molar-refractivity contribution is 7.14. The third kappa shape index (κ3) is 3.97. The first kappa shape index (κ1) is 18.4. The van der Waals surface area contributed by atoms with Crippen LogP contribution < -0.4 is 5.32 Å². The fourth-order valence-electron chi connectivity index (χ4n) is 3.20.